The van der Waals surface area contributed by atoms with Crippen LogP contribution in [0.25, 0.3) is 0 Å². The van der Waals surface area contributed by atoms with Gasteiger partial charge in [0.2, 0.25) is 0 Å². The molecule has 0 N–H and O–H groups in total. The van der Waals surface area contributed by atoms with Crippen LogP contribution in [0.2, 0.25) is 0 Å². The van der Waals surface area contributed by atoms with Gasteiger partial charge in [-0.15, -0.1) is 0 Å². The van der Waals surface area contributed by atoms with E-state index < -0.39 is 0 Å². The van der Waals surface area contributed by atoms with Gasteiger partial charge in [-0.05, 0) is 13.0 Å². The second kappa shape index (κ2) is 6.59. The largest absolute Gasteiger partial charge is 0.368 e. The summed E-state index contributed by atoms with van der Waals surface area (Å²) >= 11 is 3.47. The molecule has 0 amide bonds. The van der Waals surface area contributed by atoms with Gasteiger partial charge in [-0.1, -0.05) is 29.8 Å². The molecule has 5 heteroatoms. The molecule has 4 nitrogen and oxygen atoms in total. The topological polar surface area (TPSA) is 38.2 Å². The Bertz CT molecular complexity index is 400. The molecule has 1 atom stereocenters. The molecule has 1 fully saturated rings. The Hall–Kier alpha value is -0.520. The first kappa shape index (κ1) is 13.9. The van der Waals surface area contributed by atoms with Gasteiger partial charge in [0, 0.05) is 35.9 Å². The Kier molecular flexibility index (Phi) is 5.09. The van der Waals surface area contributed by atoms with Crippen LogP contribution < -0.4 is 0 Å². The summed E-state index contributed by atoms with van der Waals surface area (Å²) in [6.07, 6.45) is 2.87. The second-order valence-electron chi connectivity index (χ2n) is 4.44. The molecule has 0 spiro atoms. The first-order valence-electron chi connectivity index (χ1n) is 6.53. The maximum Gasteiger partial charge on any atom is 0.158 e. The van der Waals surface area contributed by atoms with E-state index in [0.717, 1.165) is 49.5 Å². The van der Waals surface area contributed by atoms with Crippen molar-refractivity contribution >= 4 is 15.9 Å². The van der Waals surface area contributed by atoms with Crippen molar-refractivity contribution in [3.05, 3.63) is 23.3 Å². The number of ether oxygens (including phenoxy) is 1. The second-order valence-corrected chi connectivity index (χ2v) is 5.00. The molecule has 2 rings (SSSR count). The minimum atomic E-state index is 0.0216. The van der Waals surface area contributed by atoms with Crippen LogP contribution in [0.5, 0.6) is 0 Å². The van der Waals surface area contributed by atoms with Crippen LogP contribution in [-0.2, 0) is 16.5 Å². The normalized spacial score (nSPS) is 21.2. The Morgan fingerprint density at radius 2 is 2.33 bits per heavy atom. The number of hydrogen-bond donors (Lipinski definition) is 0. The minimum absolute atomic E-state index is 0.0216. The summed E-state index contributed by atoms with van der Waals surface area (Å²) in [5, 5.41) is 0.809. The lowest BCUT2D eigenvalue weighted by molar-refractivity contribution is -0.0326. The van der Waals surface area contributed by atoms with Crippen molar-refractivity contribution in [1.29, 1.82) is 0 Å². The number of halogens is 1. The van der Waals surface area contributed by atoms with Crippen molar-refractivity contribution in [3.8, 4) is 0 Å². The molecular formula is C13H20BrN3O. The summed E-state index contributed by atoms with van der Waals surface area (Å²) in [5.74, 6) is 0.828. The number of aryl methyl sites for hydroxylation is 1. The molecule has 1 aliphatic heterocycles. The Morgan fingerprint density at radius 3 is 3.00 bits per heavy atom. The fourth-order valence-electron chi connectivity index (χ4n) is 2.18. The molecule has 0 bridgehead atoms. The summed E-state index contributed by atoms with van der Waals surface area (Å²) in [4.78, 5) is 11.5. The van der Waals surface area contributed by atoms with Crippen LogP contribution in [0.1, 0.15) is 37.0 Å². The number of likely N-dealkylation sites (N-methyl/N-ethyl adjacent to an activating group) is 1. The molecular weight excluding hydrogens is 294 g/mol. The van der Waals surface area contributed by atoms with Crippen LogP contribution in [0.15, 0.2) is 6.20 Å². The van der Waals surface area contributed by atoms with Crippen molar-refractivity contribution in [1.82, 2.24) is 14.9 Å². The third-order valence-corrected chi connectivity index (χ3v) is 3.94. The maximum atomic E-state index is 5.79. The maximum absolute atomic E-state index is 5.79. The molecule has 1 unspecified atom stereocenters. The molecule has 1 aromatic rings. The van der Waals surface area contributed by atoms with Crippen LogP contribution in [0.4, 0.5) is 0 Å². The number of nitrogens with zero attached hydrogens (tertiary/aromatic N) is 3. The highest BCUT2D eigenvalue weighted by Gasteiger charge is 2.23. The minimum Gasteiger partial charge on any atom is -0.368 e. The van der Waals surface area contributed by atoms with Crippen molar-refractivity contribution in [2.75, 3.05) is 26.2 Å². The molecule has 18 heavy (non-hydrogen) atoms. The van der Waals surface area contributed by atoms with Gasteiger partial charge in [-0.3, -0.25) is 4.90 Å². The summed E-state index contributed by atoms with van der Waals surface area (Å²) in [7, 11) is 0. The van der Waals surface area contributed by atoms with E-state index in [0.29, 0.717) is 0 Å². The molecule has 0 aromatic carbocycles. The van der Waals surface area contributed by atoms with Gasteiger partial charge >= 0.3 is 0 Å². The molecule has 1 aliphatic rings. The first-order chi connectivity index (χ1) is 8.78. The van der Waals surface area contributed by atoms with E-state index in [4.69, 9.17) is 4.74 Å². The van der Waals surface area contributed by atoms with Crippen molar-refractivity contribution in [2.45, 2.75) is 31.7 Å². The predicted octanol–water partition coefficient (Wildman–Crippen LogP) is 2.33. The van der Waals surface area contributed by atoms with E-state index in [1.807, 2.05) is 6.20 Å². The lowest BCUT2D eigenvalue weighted by Gasteiger charge is -2.31. The number of alkyl halides is 1. The average molecular weight is 314 g/mol. The molecule has 2 heterocycles. The zero-order valence-corrected chi connectivity index (χ0v) is 12.6. The molecule has 0 saturated carbocycles. The molecule has 0 radical (unpaired) electrons. The van der Waals surface area contributed by atoms with Gasteiger partial charge in [-0.2, -0.15) is 0 Å². The van der Waals surface area contributed by atoms with Crippen LogP contribution in [0, 0.1) is 0 Å². The van der Waals surface area contributed by atoms with E-state index in [1.54, 1.807) is 0 Å². The van der Waals surface area contributed by atoms with Gasteiger partial charge in [0.05, 0.1) is 6.61 Å². The number of aromatic nitrogens is 2. The van der Waals surface area contributed by atoms with Crippen LogP contribution >= 0.6 is 15.9 Å². The summed E-state index contributed by atoms with van der Waals surface area (Å²) in [5.41, 5.74) is 2.29. The number of morpholine rings is 1. The van der Waals surface area contributed by atoms with Crippen LogP contribution in [0.3, 0.4) is 0 Å². The van der Waals surface area contributed by atoms with E-state index in [1.165, 1.54) is 5.56 Å². The van der Waals surface area contributed by atoms with Crippen LogP contribution in [-0.4, -0.2) is 41.1 Å². The summed E-state index contributed by atoms with van der Waals surface area (Å²) in [6, 6.07) is 0. The third kappa shape index (κ3) is 3.08. The predicted molar refractivity (Wildman–Crippen MR) is 74.8 cm³/mol. The zero-order valence-electron chi connectivity index (χ0n) is 11.0. The van der Waals surface area contributed by atoms with E-state index >= 15 is 0 Å². The standard InChI is InChI=1S/C13H20BrN3O/c1-3-11-10(7-14)8-15-13(16-11)12-9-17(4-2)5-6-18-12/h8,12H,3-7,9H2,1-2H3. The smallest absolute Gasteiger partial charge is 0.158 e. The monoisotopic (exact) mass is 313 g/mol. The number of hydrogen-bond acceptors (Lipinski definition) is 4. The zero-order chi connectivity index (χ0) is 13.0. The number of rotatable bonds is 4. The highest BCUT2D eigenvalue weighted by atomic mass is 79.9. The van der Waals surface area contributed by atoms with Crippen molar-refractivity contribution in [3.63, 3.8) is 0 Å². The van der Waals surface area contributed by atoms with Gasteiger partial charge < -0.3 is 4.74 Å². The quantitative estimate of drug-likeness (QED) is 0.800. The van der Waals surface area contributed by atoms with E-state index in [9.17, 15) is 0 Å². The summed E-state index contributed by atoms with van der Waals surface area (Å²) in [6.45, 7) is 8.02. The van der Waals surface area contributed by atoms with Crippen molar-refractivity contribution < 1.29 is 4.74 Å². The molecule has 1 saturated heterocycles. The lowest BCUT2D eigenvalue weighted by atomic mass is 10.2. The first-order valence-corrected chi connectivity index (χ1v) is 7.65. The molecule has 100 valence electrons. The third-order valence-electron chi connectivity index (χ3n) is 3.34. The Labute approximate surface area is 117 Å². The van der Waals surface area contributed by atoms with E-state index in [-0.39, 0.29) is 6.10 Å². The van der Waals surface area contributed by atoms with Gasteiger partial charge in [-0.25, -0.2) is 9.97 Å². The molecule has 1 aromatic heterocycles. The van der Waals surface area contributed by atoms with Gasteiger partial charge in [0.1, 0.15) is 6.10 Å². The average Bonchev–Trinajstić information content (AvgIpc) is 2.46. The lowest BCUT2D eigenvalue weighted by Crippen LogP contribution is -2.38. The highest BCUT2D eigenvalue weighted by molar-refractivity contribution is 9.08. The van der Waals surface area contributed by atoms with E-state index in [2.05, 4.69) is 44.6 Å². The molecule has 0 aliphatic carbocycles. The van der Waals surface area contributed by atoms with Crippen molar-refractivity contribution in [2.24, 2.45) is 0 Å². The SMILES string of the molecule is CCc1nc(C2CN(CC)CCO2)ncc1CBr. The summed E-state index contributed by atoms with van der Waals surface area (Å²) < 4.78 is 5.79. The van der Waals surface area contributed by atoms with Gasteiger partial charge in [0.15, 0.2) is 5.82 Å². The highest BCUT2D eigenvalue weighted by Crippen LogP contribution is 2.20. The Balaban J connectivity index is 2.17. The Morgan fingerprint density at radius 1 is 1.50 bits per heavy atom. The van der Waals surface area contributed by atoms with Gasteiger partial charge in [0.25, 0.3) is 0 Å². The fourth-order valence-corrected chi connectivity index (χ4v) is 2.64. The fraction of sp³-hybridized carbons (Fsp3) is 0.692.